The van der Waals surface area contributed by atoms with Gasteiger partial charge in [0.25, 0.3) is 0 Å². The highest BCUT2D eigenvalue weighted by Crippen LogP contribution is 2.24. The lowest BCUT2D eigenvalue weighted by Gasteiger charge is -2.07. The monoisotopic (exact) mass is 326 g/mol. The zero-order chi connectivity index (χ0) is 14.0. The van der Waals surface area contributed by atoms with Crippen molar-refractivity contribution in [3.8, 4) is 0 Å². The Morgan fingerprint density at radius 3 is 2.42 bits per heavy atom. The van der Waals surface area contributed by atoms with Crippen LogP contribution in [-0.4, -0.2) is 24.8 Å². The number of rotatable bonds is 5. The number of hydrogen-bond donors (Lipinski definition) is 1. The summed E-state index contributed by atoms with van der Waals surface area (Å²) >= 11 is 3.64. The Morgan fingerprint density at radius 2 is 1.84 bits per heavy atom. The van der Waals surface area contributed by atoms with Crippen molar-refractivity contribution in [1.82, 2.24) is 24.8 Å². The van der Waals surface area contributed by atoms with Crippen LogP contribution in [0.15, 0.2) is 4.47 Å². The third kappa shape index (κ3) is 2.51. The van der Waals surface area contributed by atoms with Crippen LogP contribution in [0.4, 0.5) is 5.82 Å². The smallest absolute Gasteiger partial charge is 0.169 e. The first-order valence-electron chi connectivity index (χ1n) is 6.54. The number of nitrogen functional groups attached to an aromatic ring is 1. The SMILES string of the molecule is CCc1nn(CC)c(Cn2nnc(N)c2CC)c1Br. The summed E-state index contributed by atoms with van der Waals surface area (Å²) in [5.41, 5.74) is 8.97. The summed E-state index contributed by atoms with van der Waals surface area (Å²) in [6, 6.07) is 0. The molecule has 0 unspecified atom stereocenters. The van der Waals surface area contributed by atoms with Crippen LogP contribution in [0.25, 0.3) is 0 Å². The summed E-state index contributed by atoms with van der Waals surface area (Å²) in [7, 11) is 0. The van der Waals surface area contributed by atoms with Crippen LogP contribution in [0, 0.1) is 0 Å². The second-order valence-corrected chi connectivity index (χ2v) is 5.10. The van der Waals surface area contributed by atoms with Gasteiger partial charge in [-0.25, -0.2) is 4.68 Å². The Hall–Kier alpha value is -1.37. The van der Waals surface area contributed by atoms with Crippen molar-refractivity contribution in [3.05, 3.63) is 21.6 Å². The van der Waals surface area contributed by atoms with Gasteiger partial charge in [0.1, 0.15) is 0 Å². The largest absolute Gasteiger partial charge is 0.381 e. The fourth-order valence-electron chi connectivity index (χ4n) is 2.15. The molecule has 0 fully saturated rings. The molecule has 104 valence electrons. The molecule has 7 heteroatoms. The minimum absolute atomic E-state index is 0.511. The molecule has 0 amide bonds. The molecule has 6 nitrogen and oxygen atoms in total. The topological polar surface area (TPSA) is 74.5 Å². The number of anilines is 1. The van der Waals surface area contributed by atoms with E-state index >= 15 is 0 Å². The number of aromatic nitrogens is 5. The van der Waals surface area contributed by atoms with E-state index in [0.29, 0.717) is 12.4 Å². The van der Waals surface area contributed by atoms with Crippen molar-refractivity contribution in [2.24, 2.45) is 0 Å². The van der Waals surface area contributed by atoms with Crippen LogP contribution in [0.2, 0.25) is 0 Å². The predicted octanol–water partition coefficient (Wildman–Crippen LogP) is 2.01. The molecule has 0 aliphatic rings. The number of aryl methyl sites for hydroxylation is 2. The zero-order valence-corrected chi connectivity index (χ0v) is 13.1. The standard InChI is InChI=1S/C12H19BrN6/c1-4-8-11(13)10(18(6-3)16-8)7-19-9(5-2)12(14)15-17-19/h4-7,14H2,1-3H3. The Balaban J connectivity index is 2.39. The van der Waals surface area contributed by atoms with Gasteiger partial charge in [-0.1, -0.05) is 19.1 Å². The van der Waals surface area contributed by atoms with Gasteiger partial charge in [0, 0.05) is 6.54 Å². The molecule has 0 radical (unpaired) electrons. The van der Waals surface area contributed by atoms with Crippen LogP contribution < -0.4 is 5.73 Å². The van der Waals surface area contributed by atoms with Gasteiger partial charge in [0.05, 0.1) is 28.1 Å². The number of nitrogens with two attached hydrogens (primary N) is 1. The molecule has 2 aromatic rings. The molecule has 0 saturated carbocycles. The highest BCUT2D eigenvalue weighted by Gasteiger charge is 2.17. The minimum Gasteiger partial charge on any atom is -0.381 e. The molecule has 0 aliphatic heterocycles. The minimum atomic E-state index is 0.511. The van der Waals surface area contributed by atoms with Crippen molar-refractivity contribution in [2.75, 3.05) is 5.73 Å². The lowest BCUT2D eigenvalue weighted by Crippen LogP contribution is -2.12. The highest BCUT2D eigenvalue weighted by molar-refractivity contribution is 9.10. The number of nitrogens with zero attached hydrogens (tertiary/aromatic N) is 5. The Morgan fingerprint density at radius 1 is 1.11 bits per heavy atom. The molecule has 2 rings (SSSR count). The fourth-order valence-corrected chi connectivity index (χ4v) is 2.84. The maximum absolute atomic E-state index is 5.82. The normalized spacial score (nSPS) is 11.2. The average molecular weight is 327 g/mol. The Kier molecular flexibility index (Phi) is 4.24. The van der Waals surface area contributed by atoms with Gasteiger partial charge in [0.15, 0.2) is 5.82 Å². The summed E-state index contributed by atoms with van der Waals surface area (Å²) in [4.78, 5) is 0. The van der Waals surface area contributed by atoms with Gasteiger partial charge in [-0.15, -0.1) is 5.10 Å². The van der Waals surface area contributed by atoms with Crippen molar-refractivity contribution in [2.45, 2.75) is 46.7 Å². The highest BCUT2D eigenvalue weighted by atomic mass is 79.9. The van der Waals surface area contributed by atoms with Crippen molar-refractivity contribution in [1.29, 1.82) is 0 Å². The third-order valence-corrected chi connectivity index (χ3v) is 4.11. The van der Waals surface area contributed by atoms with E-state index in [1.165, 1.54) is 0 Å². The Labute approximate surface area is 121 Å². The molecule has 0 aromatic carbocycles. The van der Waals surface area contributed by atoms with Crippen molar-refractivity contribution in [3.63, 3.8) is 0 Å². The van der Waals surface area contributed by atoms with Gasteiger partial charge in [-0.3, -0.25) is 4.68 Å². The average Bonchev–Trinajstić information content (AvgIpc) is 2.92. The summed E-state index contributed by atoms with van der Waals surface area (Å²) in [6.45, 7) is 7.70. The van der Waals surface area contributed by atoms with Crippen LogP contribution in [0.1, 0.15) is 37.9 Å². The maximum Gasteiger partial charge on any atom is 0.169 e. The fraction of sp³-hybridized carbons (Fsp3) is 0.583. The molecule has 0 atom stereocenters. The van der Waals surface area contributed by atoms with Gasteiger partial charge >= 0.3 is 0 Å². The second kappa shape index (κ2) is 5.73. The van der Waals surface area contributed by atoms with E-state index in [4.69, 9.17) is 5.73 Å². The third-order valence-electron chi connectivity index (χ3n) is 3.20. The maximum atomic E-state index is 5.82. The molecular formula is C12H19BrN6. The first-order chi connectivity index (χ1) is 9.12. The lowest BCUT2D eigenvalue weighted by atomic mass is 10.3. The van der Waals surface area contributed by atoms with Crippen LogP contribution in [0.3, 0.4) is 0 Å². The summed E-state index contributed by atoms with van der Waals surface area (Å²) in [6.07, 6.45) is 1.72. The molecular weight excluding hydrogens is 308 g/mol. The van der Waals surface area contributed by atoms with E-state index in [0.717, 1.165) is 40.9 Å². The van der Waals surface area contributed by atoms with Crippen LogP contribution in [-0.2, 0) is 25.9 Å². The number of halogens is 1. The molecule has 2 N–H and O–H groups in total. The molecule has 0 aliphatic carbocycles. The van der Waals surface area contributed by atoms with Gasteiger partial charge in [-0.2, -0.15) is 5.10 Å². The zero-order valence-electron chi connectivity index (χ0n) is 11.5. The van der Waals surface area contributed by atoms with E-state index in [1.54, 1.807) is 0 Å². The van der Waals surface area contributed by atoms with E-state index in [2.05, 4.69) is 52.1 Å². The first kappa shape index (κ1) is 14.0. The first-order valence-corrected chi connectivity index (χ1v) is 7.33. The van der Waals surface area contributed by atoms with E-state index < -0.39 is 0 Å². The number of hydrogen-bond acceptors (Lipinski definition) is 4. The van der Waals surface area contributed by atoms with Gasteiger partial charge in [-0.05, 0) is 35.7 Å². The van der Waals surface area contributed by atoms with E-state index in [-0.39, 0.29) is 0 Å². The van der Waals surface area contributed by atoms with Gasteiger partial charge in [0.2, 0.25) is 0 Å². The van der Waals surface area contributed by atoms with Crippen molar-refractivity contribution >= 4 is 21.7 Å². The van der Waals surface area contributed by atoms with Gasteiger partial charge < -0.3 is 5.73 Å². The van der Waals surface area contributed by atoms with E-state index in [9.17, 15) is 0 Å². The van der Waals surface area contributed by atoms with Crippen LogP contribution in [0.5, 0.6) is 0 Å². The van der Waals surface area contributed by atoms with E-state index in [1.807, 2.05) is 9.36 Å². The summed E-state index contributed by atoms with van der Waals surface area (Å²) < 4.78 is 4.91. The molecule has 2 aromatic heterocycles. The quantitative estimate of drug-likeness (QED) is 0.912. The second-order valence-electron chi connectivity index (χ2n) is 4.31. The summed E-state index contributed by atoms with van der Waals surface area (Å²) in [5, 5.41) is 12.6. The molecule has 0 bridgehead atoms. The lowest BCUT2D eigenvalue weighted by molar-refractivity contribution is 0.551. The molecule has 19 heavy (non-hydrogen) atoms. The Bertz CT molecular complexity index is 571. The van der Waals surface area contributed by atoms with Crippen molar-refractivity contribution < 1.29 is 0 Å². The predicted molar refractivity (Wildman–Crippen MR) is 77.9 cm³/mol. The molecule has 0 saturated heterocycles. The van der Waals surface area contributed by atoms with Crippen LogP contribution >= 0.6 is 15.9 Å². The molecule has 2 heterocycles. The molecule has 0 spiro atoms. The summed E-state index contributed by atoms with van der Waals surface area (Å²) in [5.74, 6) is 0.511.